The Labute approximate surface area is 97.1 Å². The predicted octanol–water partition coefficient (Wildman–Crippen LogP) is 0.805. The zero-order valence-electron chi connectivity index (χ0n) is 8.98. The van der Waals surface area contributed by atoms with Gasteiger partial charge in [0.1, 0.15) is 6.61 Å². The van der Waals surface area contributed by atoms with E-state index < -0.39 is 18.0 Å². The highest BCUT2D eigenvalue weighted by atomic mass is 19.1. The lowest BCUT2D eigenvalue weighted by atomic mass is 10.2. The van der Waals surface area contributed by atoms with E-state index in [0.717, 1.165) is 0 Å². The first-order chi connectivity index (χ1) is 8.20. The van der Waals surface area contributed by atoms with Crippen molar-refractivity contribution in [1.82, 2.24) is 5.32 Å². The fourth-order valence-corrected chi connectivity index (χ4v) is 1.54. The molecule has 0 aliphatic carbocycles. The first-order valence-corrected chi connectivity index (χ1v) is 5.16. The molecule has 1 aliphatic heterocycles. The molecule has 1 aromatic rings. The smallest absolute Gasteiger partial charge is 0.407 e. The summed E-state index contributed by atoms with van der Waals surface area (Å²) in [4.78, 5) is 10.8. The van der Waals surface area contributed by atoms with Crippen molar-refractivity contribution in [3.05, 3.63) is 29.6 Å². The molecule has 17 heavy (non-hydrogen) atoms. The van der Waals surface area contributed by atoms with E-state index in [1.165, 1.54) is 12.1 Å². The summed E-state index contributed by atoms with van der Waals surface area (Å²) in [5.41, 5.74) is 0.363. The Balaban J connectivity index is 2.01. The van der Waals surface area contributed by atoms with Crippen LogP contribution in [0.4, 0.5) is 9.18 Å². The lowest BCUT2D eigenvalue weighted by Crippen LogP contribution is -2.22. The molecule has 2 N–H and O–H groups in total. The summed E-state index contributed by atoms with van der Waals surface area (Å²) in [7, 11) is 0. The summed E-state index contributed by atoms with van der Waals surface area (Å²) < 4.78 is 23.5. The lowest BCUT2D eigenvalue weighted by molar-refractivity contribution is 0.102. The van der Waals surface area contributed by atoms with Gasteiger partial charge in [0.15, 0.2) is 17.7 Å². The second-order valence-electron chi connectivity index (χ2n) is 3.61. The van der Waals surface area contributed by atoms with Crippen LogP contribution >= 0.6 is 0 Å². The first-order valence-electron chi connectivity index (χ1n) is 5.16. The minimum absolute atomic E-state index is 0.00190. The van der Waals surface area contributed by atoms with E-state index in [9.17, 15) is 9.18 Å². The molecule has 1 saturated heterocycles. The molecule has 5 nitrogen and oxygen atoms in total. The first kappa shape index (κ1) is 11.7. The molecule has 0 bridgehead atoms. The average molecular weight is 241 g/mol. The van der Waals surface area contributed by atoms with Crippen LogP contribution in [0, 0.1) is 5.82 Å². The molecule has 2 rings (SSSR count). The molecule has 0 saturated carbocycles. The number of hydrogen-bond acceptors (Lipinski definition) is 4. The number of amides is 1. The van der Waals surface area contributed by atoms with Gasteiger partial charge in [-0.1, -0.05) is 12.1 Å². The molecule has 1 atom stereocenters. The monoisotopic (exact) mass is 241 g/mol. The molecular weight excluding hydrogens is 229 g/mol. The van der Waals surface area contributed by atoms with Crippen LogP contribution in [0.5, 0.6) is 5.75 Å². The van der Waals surface area contributed by atoms with Gasteiger partial charge in [0, 0.05) is 5.56 Å². The van der Waals surface area contributed by atoms with Crippen LogP contribution in [-0.4, -0.2) is 30.5 Å². The molecule has 0 spiro atoms. The number of rotatable bonds is 4. The Morgan fingerprint density at radius 3 is 3.06 bits per heavy atom. The van der Waals surface area contributed by atoms with E-state index in [1.54, 1.807) is 6.07 Å². The number of para-hydroxylation sites is 1. The maximum Gasteiger partial charge on any atom is 0.407 e. The maximum absolute atomic E-state index is 13.4. The van der Waals surface area contributed by atoms with Crippen LogP contribution in [0.25, 0.3) is 0 Å². The van der Waals surface area contributed by atoms with Crippen molar-refractivity contribution in [3.8, 4) is 5.75 Å². The summed E-state index contributed by atoms with van der Waals surface area (Å²) in [5, 5.41) is 11.5. The number of aliphatic hydroxyl groups excluding tert-OH is 1. The van der Waals surface area contributed by atoms with Crippen LogP contribution in [-0.2, 0) is 11.3 Å². The molecule has 0 aromatic heterocycles. The van der Waals surface area contributed by atoms with Crippen LogP contribution in [0.1, 0.15) is 5.56 Å². The van der Waals surface area contributed by atoms with Crippen molar-refractivity contribution in [3.63, 3.8) is 0 Å². The highest BCUT2D eigenvalue weighted by molar-refractivity contribution is 5.69. The van der Waals surface area contributed by atoms with Crippen molar-refractivity contribution >= 4 is 6.09 Å². The van der Waals surface area contributed by atoms with E-state index in [2.05, 4.69) is 5.32 Å². The molecule has 6 heteroatoms. The number of cyclic esters (lactones) is 1. The third kappa shape index (κ3) is 2.65. The van der Waals surface area contributed by atoms with Gasteiger partial charge in [0.25, 0.3) is 0 Å². The molecule has 92 valence electrons. The predicted molar refractivity (Wildman–Crippen MR) is 56.1 cm³/mol. The molecular formula is C11H12FNO4. The SMILES string of the molecule is O=C1NCC(COc2c(F)cccc2CO)O1. The Bertz CT molecular complexity index is 424. The van der Waals surface area contributed by atoms with Crippen molar-refractivity contribution in [1.29, 1.82) is 0 Å². The van der Waals surface area contributed by atoms with Gasteiger partial charge in [-0.05, 0) is 6.07 Å². The number of halogens is 1. The Morgan fingerprint density at radius 2 is 2.41 bits per heavy atom. The number of benzene rings is 1. The maximum atomic E-state index is 13.4. The molecule has 1 heterocycles. The van der Waals surface area contributed by atoms with Crippen molar-refractivity contribution in [2.24, 2.45) is 0 Å². The Kier molecular flexibility index (Phi) is 3.43. The fraction of sp³-hybridized carbons (Fsp3) is 0.364. The standard InChI is InChI=1S/C11H12FNO4/c12-9-3-1-2-7(5-14)10(9)16-6-8-4-13-11(15)17-8/h1-3,8,14H,4-6H2,(H,13,15). The largest absolute Gasteiger partial charge is 0.486 e. The second kappa shape index (κ2) is 5.01. The van der Waals surface area contributed by atoms with Crippen molar-refractivity contribution < 1.29 is 23.8 Å². The number of carbonyl (C=O) groups is 1. The third-order valence-electron chi connectivity index (χ3n) is 2.38. The number of alkyl carbamates (subject to hydrolysis) is 1. The highest BCUT2D eigenvalue weighted by Gasteiger charge is 2.23. The number of aliphatic hydroxyl groups is 1. The summed E-state index contributed by atoms with van der Waals surface area (Å²) in [6, 6.07) is 4.30. The van der Waals surface area contributed by atoms with Gasteiger partial charge in [0.05, 0.1) is 13.2 Å². The molecule has 1 aromatic carbocycles. The van der Waals surface area contributed by atoms with Crippen LogP contribution in [0.3, 0.4) is 0 Å². The van der Waals surface area contributed by atoms with E-state index in [1.807, 2.05) is 0 Å². The number of carbonyl (C=O) groups excluding carboxylic acids is 1. The van der Waals surface area contributed by atoms with Crippen LogP contribution < -0.4 is 10.1 Å². The van der Waals surface area contributed by atoms with Crippen molar-refractivity contribution in [2.75, 3.05) is 13.2 Å². The molecule has 1 fully saturated rings. The molecule has 1 aliphatic rings. The average Bonchev–Trinajstić information content (AvgIpc) is 2.73. The third-order valence-corrected chi connectivity index (χ3v) is 2.38. The summed E-state index contributed by atoms with van der Waals surface area (Å²) >= 11 is 0. The van der Waals surface area contributed by atoms with Crippen LogP contribution in [0.15, 0.2) is 18.2 Å². The van der Waals surface area contributed by atoms with Gasteiger partial charge in [-0.15, -0.1) is 0 Å². The number of ether oxygens (including phenoxy) is 2. The normalized spacial score (nSPS) is 18.7. The van der Waals surface area contributed by atoms with E-state index in [-0.39, 0.29) is 19.0 Å². The summed E-state index contributed by atoms with van der Waals surface area (Å²) in [6.07, 6.45) is -0.942. The van der Waals surface area contributed by atoms with Crippen LogP contribution in [0.2, 0.25) is 0 Å². The fourth-order valence-electron chi connectivity index (χ4n) is 1.54. The summed E-state index contributed by atoms with van der Waals surface area (Å²) in [6.45, 7) is 0.0736. The quantitative estimate of drug-likeness (QED) is 0.818. The minimum atomic E-state index is -0.547. The van der Waals surface area contributed by atoms with E-state index >= 15 is 0 Å². The van der Waals surface area contributed by atoms with Crippen molar-refractivity contribution in [2.45, 2.75) is 12.7 Å². The molecule has 1 unspecified atom stereocenters. The minimum Gasteiger partial charge on any atom is -0.486 e. The molecule has 1 amide bonds. The van der Waals surface area contributed by atoms with Gasteiger partial charge in [-0.2, -0.15) is 0 Å². The lowest BCUT2D eigenvalue weighted by Gasteiger charge is -2.13. The van der Waals surface area contributed by atoms with E-state index in [0.29, 0.717) is 12.1 Å². The zero-order chi connectivity index (χ0) is 12.3. The Hall–Kier alpha value is -1.82. The van der Waals surface area contributed by atoms with Gasteiger partial charge in [-0.25, -0.2) is 9.18 Å². The Morgan fingerprint density at radius 1 is 1.59 bits per heavy atom. The van der Waals surface area contributed by atoms with Gasteiger partial charge in [-0.3, -0.25) is 0 Å². The zero-order valence-corrected chi connectivity index (χ0v) is 8.98. The number of hydrogen-bond donors (Lipinski definition) is 2. The number of nitrogens with one attached hydrogen (secondary N) is 1. The topological polar surface area (TPSA) is 67.8 Å². The second-order valence-corrected chi connectivity index (χ2v) is 3.61. The van der Waals surface area contributed by atoms with Gasteiger partial charge < -0.3 is 19.9 Å². The highest BCUT2D eigenvalue weighted by Crippen LogP contribution is 2.23. The van der Waals surface area contributed by atoms with Gasteiger partial charge >= 0.3 is 6.09 Å². The van der Waals surface area contributed by atoms with Gasteiger partial charge in [0.2, 0.25) is 0 Å². The summed E-state index contributed by atoms with van der Waals surface area (Å²) in [5.74, 6) is -0.549. The van der Waals surface area contributed by atoms with E-state index in [4.69, 9.17) is 14.6 Å². The molecule has 0 radical (unpaired) electrons.